The van der Waals surface area contributed by atoms with Crippen LogP contribution in [0.25, 0.3) is 0 Å². The third-order valence-corrected chi connectivity index (χ3v) is 17.7. The molecule has 70 heavy (non-hydrogen) atoms. The van der Waals surface area contributed by atoms with E-state index in [4.69, 9.17) is 0 Å². The average Bonchev–Trinajstić information content (AvgIpc) is 3.34. The van der Waals surface area contributed by atoms with Crippen LogP contribution in [0.3, 0.4) is 0 Å². The van der Waals surface area contributed by atoms with E-state index in [0.717, 1.165) is 23.0 Å². The molecule has 0 nitrogen and oxygen atoms in total. The molecule has 0 N–H and O–H groups in total. The van der Waals surface area contributed by atoms with Crippen molar-refractivity contribution in [2.75, 3.05) is 23.0 Å². The van der Waals surface area contributed by atoms with E-state index in [9.17, 15) is 0 Å². The fourth-order valence-electron chi connectivity index (χ4n) is 7.00. The first-order valence-corrected chi connectivity index (χ1v) is 26.9. The van der Waals surface area contributed by atoms with Crippen molar-refractivity contribution in [1.82, 2.24) is 0 Å². The molecule has 8 aromatic rings. The van der Waals surface area contributed by atoms with E-state index in [-0.39, 0.29) is 122 Å². The molecule has 0 fully saturated rings. The van der Waals surface area contributed by atoms with Gasteiger partial charge in [0.2, 0.25) is 0 Å². The fraction of sp³-hybridized carbons (Fsp3) is 0.143. The van der Waals surface area contributed by atoms with E-state index in [1.54, 1.807) is 0 Å². The monoisotopic (exact) mass is 1280 g/mol. The van der Waals surface area contributed by atoms with Crippen molar-refractivity contribution < 1.29 is 68.3 Å². The SMILES string of the molecule is CC[S-].CC[S-].CC[S-].CC[S-].[Fe].[Fe].[Fe].[Fe].[SH-].[SH-].[SH-].[SH-].c1ccc([P+](c2ccccc2)(c2ccccc2)c2ccccc2)cc1.c1ccc([P+](c2ccccc2)(c2ccccc2)c2ccccc2)cc1. The predicted molar refractivity (Wildman–Crippen MR) is 329 cm³/mol. The second-order valence-electron chi connectivity index (χ2n) is 13.2. The molecule has 8 rings (SSSR count). The molecule has 0 aliphatic carbocycles. The topological polar surface area (TPSA) is 0 Å². The number of hydrogen-bond donors (Lipinski definition) is 0. The van der Waals surface area contributed by atoms with Crippen molar-refractivity contribution >= 4 is 161 Å². The van der Waals surface area contributed by atoms with Gasteiger partial charge >= 0.3 is 0 Å². The maximum atomic E-state index is 4.39. The minimum atomic E-state index is -1.91. The van der Waals surface area contributed by atoms with Crippen LogP contribution in [-0.2, 0) is 173 Å². The van der Waals surface area contributed by atoms with E-state index in [1.807, 2.05) is 27.7 Å². The van der Waals surface area contributed by atoms with Crippen molar-refractivity contribution in [3.63, 3.8) is 0 Å². The van der Waals surface area contributed by atoms with Crippen molar-refractivity contribution in [2.45, 2.75) is 27.7 Å². The van der Waals surface area contributed by atoms with Crippen LogP contribution in [0.5, 0.6) is 0 Å². The molecule has 14 heteroatoms. The molecule has 0 aliphatic rings. The van der Waals surface area contributed by atoms with E-state index >= 15 is 0 Å². The Morgan fingerprint density at radius 1 is 0.214 bits per heavy atom. The number of benzene rings is 8. The molecule has 0 aromatic heterocycles. The maximum absolute atomic E-state index is 4.39. The second-order valence-corrected chi connectivity index (χ2v) is 22.3. The summed E-state index contributed by atoms with van der Waals surface area (Å²) in [5, 5.41) is 11.1. The van der Waals surface area contributed by atoms with E-state index in [1.165, 1.54) is 42.4 Å². The summed E-state index contributed by atoms with van der Waals surface area (Å²) in [6.45, 7) is 7.76. The molecule has 384 valence electrons. The Morgan fingerprint density at radius 3 is 0.357 bits per heavy atom. The van der Waals surface area contributed by atoms with Gasteiger partial charge < -0.3 is 104 Å². The molecule has 0 atom stereocenters. The number of thiol groups is 4. The molecule has 0 heterocycles. The van der Waals surface area contributed by atoms with Gasteiger partial charge in [-0.2, -0.15) is 23.0 Å². The van der Waals surface area contributed by atoms with Crippen molar-refractivity contribution in [3.8, 4) is 0 Å². The molecule has 0 saturated heterocycles. The predicted octanol–water partition coefficient (Wildman–Crippen LogP) is 9.73. The van der Waals surface area contributed by atoms with Crippen LogP contribution in [-0.4, -0.2) is 23.0 Å². The molecule has 0 radical (unpaired) electrons. The summed E-state index contributed by atoms with van der Waals surface area (Å²) in [6, 6.07) is 87.7. The molecular formula is C56H64Fe4P2S8-6. The van der Waals surface area contributed by atoms with Crippen LogP contribution in [0.15, 0.2) is 243 Å². The second kappa shape index (κ2) is 49.4. The molecule has 0 amide bonds. The summed E-state index contributed by atoms with van der Waals surface area (Å²) in [4.78, 5) is 0. The van der Waals surface area contributed by atoms with Crippen molar-refractivity contribution in [3.05, 3.63) is 243 Å². The Hall–Kier alpha value is -0.502. The Morgan fingerprint density at radius 2 is 0.286 bits per heavy atom. The van der Waals surface area contributed by atoms with Gasteiger partial charge in [-0.1, -0.05) is 173 Å². The standard InChI is InChI=1S/2C24H20P.4C2H6S.4Fe.4H2S/c2*1-5-13-21(14-6-1)25(22-15-7-2-8-16-22,23-17-9-3-10-18-23)24-19-11-4-12-20-24;4*1-2-3;;;;;;;;/h2*1-20H;4*3H,2H2,1H3;;;;;4*1H2/q2*+1;;;;;;;;;;;;/p-8. The van der Waals surface area contributed by atoms with Crippen LogP contribution in [0.2, 0.25) is 0 Å². The molecule has 0 spiro atoms. The first kappa shape index (κ1) is 80.9. The van der Waals surface area contributed by atoms with Crippen LogP contribution >= 0.6 is 14.5 Å². The Balaban J connectivity index is -0.000000218. The zero-order valence-corrected chi connectivity index (χ0v) is 52.7. The van der Waals surface area contributed by atoms with Gasteiger partial charge in [-0.15, -0.1) is 0 Å². The Bertz CT molecular complexity index is 1790. The number of rotatable bonds is 8. The van der Waals surface area contributed by atoms with E-state index in [2.05, 4.69) is 293 Å². The third-order valence-electron chi connectivity index (χ3n) is 9.15. The van der Waals surface area contributed by atoms with E-state index in [0.29, 0.717) is 0 Å². The van der Waals surface area contributed by atoms with Gasteiger partial charge in [0.05, 0.1) is 0 Å². The summed E-state index contributed by atoms with van der Waals surface area (Å²) < 4.78 is 0. The summed E-state index contributed by atoms with van der Waals surface area (Å²) >= 11 is 17.6. The normalized spacial score (nSPS) is 9.03. The Kier molecular flexibility index (Phi) is 57.1. The first-order valence-electron chi connectivity index (χ1n) is 21.1. The van der Waals surface area contributed by atoms with Gasteiger partial charge in [0.25, 0.3) is 0 Å². The fourth-order valence-corrected chi connectivity index (χ4v) is 15.5. The third kappa shape index (κ3) is 24.0. The van der Waals surface area contributed by atoms with Crippen LogP contribution in [0, 0.1) is 0 Å². The smallest absolute Gasteiger partial charge is 0.144 e. The first-order chi connectivity index (χ1) is 30.5. The van der Waals surface area contributed by atoms with Crippen LogP contribution in [0.4, 0.5) is 0 Å². The minimum Gasteiger partial charge on any atom is -0.813 e. The summed E-state index contributed by atoms with van der Waals surface area (Å²) in [5.41, 5.74) is 0. The minimum absolute atomic E-state index is 0. The van der Waals surface area contributed by atoms with Gasteiger partial charge in [-0.3, -0.25) is 0 Å². The van der Waals surface area contributed by atoms with Crippen LogP contribution < -0.4 is 42.4 Å². The molecule has 0 unspecified atom stereocenters. The van der Waals surface area contributed by atoms with Gasteiger partial charge in [0.1, 0.15) is 57.0 Å². The summed E-state index contributed by atoms with van der Waals surface area (Å²) in [6.07, 6.45) is 0. The van der Waals surface area contributed by atoms with Gasteiger partial charge in [0.15, 0.2) is 0 Å². The Labute approximate surface area is 517 Å². The number of hydrogen-bond acceptors (Lipinski definition) is 8. The average molecular weight is 1280 g/mol. The van der Waals surface area contributed by atoms with E-state index < -0.39 is 14.5 Å². The quantitative estimate of drug-likeness (QED) is 0.0631. The molecule has 0 aliphatic heterocycles. The largest absolute Gasteiger partial charge is 0.813 e. The molecule has 8 aromatic carbocycles. The summed E-state index contributed by atoms with van der Waals surface area (Å²) in [5.74, 6) is 3.33. The molecule has 0 saturated carbocycles. The zero-order valence-electron chi connectivity index (χ0n) is 39.7. The molecular weight excluding hydrogens is 1210 g/mol. The molecule has 0 bridgehead atoms. The van der Waals surface area contributed by atoms with Gasteiger partial charge in [-0.05, 0) is 97.1 Å². The zero-order chi connectivity index (χ0) is 44.7. The van der Waals surface area contributed by atoms with Crippen LogP contribution in [0.1, 0.15) is 27.7 Å². The summed E-state index contributed by atoms with van der Waals surface area (Å²) in [7, 11) is -3.81. The van der Waals surface area contributed by atoms with Gasteiger partial charge in [0, 0.05) is 68.3 Å². The van der Waals surface area contributed by atoms with Crippen molar-refractivity contribution in [2.24, 2.45) is 0 Å². The van der Waals surface area contributed by atoms with Crippen molar-refractivity contribution in [1.29, 1.82) is 0 Å². The van der Waals surface area contributed by atoms with Gasteiger partial charge in [-0.25, -0.2) is 0 Å². The maximum Gasteiger partial charge on any atom is 0.144 e.